The molecule has 0 saturated carbocycles. The van der Waals surface area contributed by atoms with Crippen LogP contribution in [0.2, 0.25) is 0 Å². The Hall–Kier alpha value is -3.22. The molecule has 2 N–H and O–H groups in total. The SMILES string of the molecule is CCCCNc1ccc2ncc(-c3ccc4c(O)ncnc4c3)n2n1. The molecule has 25 heavy (non-hydrogen) atoms. The number of aromatic hydroxyl groups is 1. The second-order valence-electron chi connectivity index (χ2n) is 5.84. The minimum absolute atomic E-state index is 0.0183. The number of nitrogens with zero attached hydrogens (tertiary/aromatic N) is 5. The van der Waals surface area contributed by atoms with E-state index in [4.69, 9.17) is 0 Å². The van der Waals surface area contributed by atoms with Gasteiger partial charge in [0, 0.05) is 12.1 Å². The second-order valence-corrected chi connectivity index (χ2v) is 5.84. The zero-order valence-corrected chi connectivity index (χ0v) is 13.8. The van der Waals surface area contributed by atoms with Crippen molar-refractivity contribution in [2.45, 2.75) is 19.8 Å². The third-order valence-corrected chi connectivity index (χ3v) is 4.11. The maximum Gasteiger partial charge on any atom is 0.221 e. The number of benzene rings is 1. The molecule has 0 fully saturated rings. The van der Waals surface area contributed by atoms with E-state index in [1.54, 1.807) is 6.20 Å². The van der Waals surface area contributed by atoms with Gasteiger partial charge in [0.2, 0.25) is 5.88 Å². The van der Waals surface area contributed by atoms with Crippen LogP contribution in [0.1, 0.15) is 19.8 Å². The maximum atomic E-state index is 9.81. The predicted octanol–water partition coefficient (Wildman–Crippen LogP) is 3.26. The van der Waals surface area contributed by atoms with E-state index in [0.717, 1.165) is 42.1 Å². The van der Waals surface area contributed by atoms with E-state index < -0.39 is 0 Å². The van der Waals surface area contributed by atoms with Crippen LogP contribution in [-0.4, -0.2) is 36.2 Å². The lowest BCUT2D eigenvalue weighted by atomic mass is 10.1. The van der Waals surface area contributed by atoms with Crippen molar-refractivity contribution in [3.63, 3.8) is 0 Å². The van der Waals surface area contributed by atoms with Crippen LogP contribution in [-0.2, 0) is 0 Å². The first-order valence-electron chi connectivity index (χ1n) is 8.29. The van der Waals surface area contributed by atoms with E-state index >= 15 is 0 Å². The number of unbranched alkanes of at least 4 members (excludes halogenated alkanes) is 1. The topological polar surface area (TPSA) is 88.2 Å². The highest BCUT2D eigenvalue weighted by Crippen LogP contribution is 2.27. The van der Waals surface area contributed by atoms with E-state index in [1.165, 1.54) is 6.33 Å². The van der Waals surface area contributed by atoms with Crippen molar-refractivity contribution < 1.29 is 5.11 Å². The number of aromatic nitrogens is 5. The molecule has 0 amide bonds. The Balaban J connectivity index is 1.76. The van der Waals surface area contributed by atoms with Crippen LogP contribution in [0.5, 0.6) is 5.88 Å². The zero-order chi connectivity index (χ0) is 17.2. The average molecular weight is 334 g/mol. The van der Waals surface area contributed by atoms with E-state index in [2.05, 4.69) is 32.3 Å². The van der Waals surface area contributed by atoms with Crippen molar-refractivity contribution in [3.05, 3.63) is 42.9 Å². The summed E-state index contributed by atoms with van der Waals surface area (Å²) in [5.74, 6) is 0.802. The summed E-state index contributed by atoms with van der Waals surface area (Å²) in [5.41, 5.74) is 3.25. The Morgan fingerprint density at radius 1 is 1.12 bits per heavy atom. The molecule has 0 radical (unpaired) electrons. The molecule has 4 rings (SSSR count). The smallest absolute Gasteiger partial charge is 0.221 e. The standard InChI is InChI=1S/C18H18N6O/c1-2-3-8-19-16-6-7-17-20-10-15(24(17)23-16)12-4-5-13-14(9-12)21-11-22-18(13)25/h4-7,9-11H,2-3,8H2,1H3,(H,19,23)(H,21,22,25). The third-order valence-electron chi connectivity index (χ3n) is 4.11. The summed E-state index contributed by atoms with van der Waals surface area (Å²) in [7, 11) is 0. The monoisotopic (exact) mass is 334 g/mol. The van der Waals surface area contributed by atoms with Gasteiger partial charge in [-0.05, 0) is 30.7 Å². The normalized spacial score (nSPS) is 11.2. The first kappa shape index (κ1) is 15.3. The second kappa shape index (κ2) is 6.35. The highest BCUT2D eigenvalue weighted by molar-refractivity contribution is 5.87. The van der Waals surface area contributed by atoms with Crippen LogP contribution in [0, 0.1) is 0 Å². The lowest BCUT2D eigenvalue weighted by Gasteiger charge is -2.07. The molecule has 0 aliphatic heterocycles. The van der Waals surface area contributed by atoms with Gasteiger partial charge in [0.05, 0.1) is 22.8 Å². The maximum absolute atomic E-state index is 9.81. The highest BCUT2D eigenvalue weighted by Gasteiger charge is 2.10. The number of imidazole rings is 1. The molecule has 0 saturated heterocycles. The van der Waals surface area contributed by atoms with E-state index in [0.29, 0.717) is 10.9 Å². The molecular formula is C18H18N6O. The van der Waals surface area contributed by atoms with Crippen LogP contribution in [0.4, 0.5) is 5.82 Å². The summed E-state index contributed by atoms with van der Waals surface area (Å²) < 4.78 is 1.82. The summed E-state index contributed by atoms with van der Waals surface area (Å²) in [5, 5.41) is 18.4. The van der Waals surface area contributed by atoms with Crippen LogP contribution >= 0.6 is 0 Å². The van der Waals surface area contributed by atoms with Gasteiger partial charge in [-0.15, -0.1) is 5.10 Å². The lowest BCUT2D eigenvalue weighted by Crippen LogP contribution is -2.05. The Morgan fingerprint density at radius 2 is 2.04 bits per heavy atom. The van der Waals surface area contributed by atoms with Crippen molar-refractivity contribution in [2.24, 2.45) is 0 Å². The quantitative estimate of drug-likeness (QED) is 0.545. The van der Waals surface area contributed by atoms with Gasteiger partial charge in [0.15, 0.2) is 5.65 Å². The molecule has 1 aromatic carbocycles. The molecule has 3 aromatic heterocycles. The van der Waals surface area contributed by atoms with E-state index in [9.17, 15) is 5.11 Å². The molecule has 4 aromatic rings. The van der Waals surface area contributed by atoms with Gasteiger partial charge in [-0.2, -0.15) is 0 Å². The molecule has 0 aliphatic rings. The number of fused-ring (bicyclic) bond motifs is 2. The van der Waals surface area contributed by atoms with Gasteiger partial charge >= 0.3 is 0 Å². The highest BCUT2D eigenvalue weighted by atomic mass is 16.3. The summed E-state index contributed by atoms with van der Waals surface area (Å²) in [6, 6.07) is 9.50. The molecule has 7 heteroatoms. The predicted molar refractivity (Wildman–Crippen MR) is 96.6 cm³/mol. The molecule has 0 bridgehead atoms. The average Bonchev–Trinajstić information content (AvgIpc) is 3.05. The van der Waals surface area contributed by atoms with Crippen LogP contribution < -0.4 is 5.32 Å². The Kier molecular flexibility index (Phi) is 3.89. The molecule has 3 heterocycles. The van der Waals surface area contributed by atoms with Crippen molar-refractivity contribution in [2.75, 3.05) is 11.9 Å². The van der Waals surface area contributed by atoms with Crippen molar-refractivity contribution in [1.82, 2.24) is 24.6 Å². The number of hydrogen-bond acceptors (Lipinski definition) is 6. The summed E-state index contributed by atoms with van der Waals surface area (Å²) in [6.07, 6.45) is 5.38. The summed E-state index contributed by atoms with van der Waals surface area (Å²) in [6.45, 7) is 3.05. The zero-order valence-electron chi connectivity index (χ0n) is 13.8. The third kappa shape index (κ3) is 2.84. The van der Waals surface area contributed by atoms with Crippen LogP contribution in [0.15, 0.2) is 42.9 Å². The van der Waals surface area contributed by atoms with Crippen LogP contribution in [0.25, 0.3) is 27.8 Å². The van der Waals surface area contributed by atoms with Gasteiger partial charge in [-0.1, -0.05) is 19.4 Å². The minimum Gasteiger partial charge on any atom is -0.493 e. The van der Waals surface area contributed by atoms with Crippen molar-refractivity contribution >= 4 is 22.4 Å². The van der Waals surface area contributed by atoms with E-state index in [1.807, 2.05) is 34.8 Å². The number of nitrogens with one attached hydrogen (secondary N) is 1. The van der Waals surface area contributed by atoms with Gasteiger partial charge in [-0.3, -0.25) is 0 Å². The fourth-order valence-electron chi connectivity index (χ4n) is 2.76. The van der Waals surface area contributed by atoms with E-state index in [-0.39, 0.29) is 5.88 Å². The first-order chi connectivity index (χ1) is 12.3. The number of anilines is 1. The lowest BCUT2D eigenvalue weighted by molar-refractivity contribution is 0.459. The molecule has 0 unspecified atom stereocenters. The first-order valence-corrected chi connectivity index (χ1v) is 8.29. The Morgan fingerprint density at radius 3 is 2.92 bits per heavy atom. The van der Waals surface area contributed by atoms with Gasteiger partial charge in [0.25, 0.3) is 0 Å². The molecule has 0 aliphatic carbocycles. The van der Waals surface area contributed by atoms with Crippen molar-refractivity contribution in [1.29, 1.82) is 0 Å². The van der Waals surface area contributed by atoms with Crippen molar-refractivity contribution in [3.8, 4) is 17.1 Å². The molecule has 126 valence electrons. The number of hydrogen-bond donors (Lipinski definition) is 2. The fourth-order valence-corrected chi connectivity index (χ4v) is 2.76. The molecular weight excluding hydrogens is 316 g/mol. The Labute approximate surface area is 144 Å². The molecule has 7 nitrogen and oxygen atoms in total. The minimum atomic E-state index is -0.0183. The number of rotatable bonds is 5. The van der Waals surface area contributed by atoms with Gasteiger partial charge < -0.3 is 10.4 Å². The molecule has 0 atom stereocenters. The summed E-state index contributed by atoms with van der Waals surface area (Å²) >= 11 is 0. The van der Waals surface area contributed by atoms with Crippen LogP contribution in [0.3, 0.4) is 0 Å². The largest absolute Gasteiger partial charge is 0.493 e. The fraction of sp³-hybridized carbons (Fsp3) is 0.222. The van der Waals surface area contributed by atoms with Gasteiger partial charge in [-0.25, -0.2) is 19.5 Å². The Bertz CT molecular complexity index is 1040. The molecule has 0 spiro atoms. The van der Waals surface area contributed by atoms with Gasteiger partial charge in [0.1, 0.15) is 12.1 Å². The summed E-state index contributed by atoms with van der Waals surface area (Å²) in [4.78, 5) is 12.5.